The van der Waals surface area contributed by atoms with Crippen LogP contribution in [0.25, 0.3) is 10.9 Å². The van der Waals surface area contributed by atoms with Crippen molar-refractivity contribution >= 4 is 57.7 Å². The highest BCUT2D eigenvalue weighted by atomic mass is 35.5. The zero-order valence-corrected chi connectivity index (χ0v) is 25.2. The van der Waals surface area contributed by atoms with Gasteiger partial charge in [0.2, 0.25) is 0 Å². The van der Waals surface area contributed by atoms with Gasteiger partial charge in [-0.15, -0.1) is 0 Å². The molecule has 244 valence electrons. The van der Waals surface area contributed by atoms with Gasteiger partial charge >= 0.3 is 12.1 Å². The zero-order chi connectivity index (χ0) is 34.7. The van der Waals surface area contributed by atoms with E-state index in [0.29, 0.717) is 17.0 Å². The molecule has 16 heteroatoms. The Kier molecular flexibility index (Phi) is 7.87. The van der Waals surface area contributed by atoms with Crippen molar-refractivity contribution in [2.75, 3.05) is 17.3 Å². The fraction of sp³-hybridized carbons (Fsp3) is 0.0938. The molecule has 1 N–H and O–H groups in total. The van der Waals surface area contributed by atoms with E-state index >= 15 is 0 Å². The first-order valence-electron chi connectivity index (χ1n) is 13.6. The van der Waals surface area contributed by atoms with Crippen LogP contribution in [-0.2, 0) is 18.0 Å². The first-order valence-corrected chi connectivity index (χ1v) is 14.0. The molecule has 0 atom stereocenters. The van der Waals surface area contributed by atoms with Gasteiger partial charge in [-0.2, -0.15) is 18.3 Å². The second-order valence-corrected chi connectivity index (χ2v) is 10.7. The maximum atomic E-state index is 14.4. The number of anilines is 2. The Morgan fingerprint density at radius 1 is 0.917 bits per heavy atom. The lowest BCUT2D eigenvalue weighted by molar-refractivity contribution is -0.137. The molecule has 2 heterocycles. The van der Waals surface area contributed by atoms with E-state index in [0.717, 1.165) is 36.1 Å². The lowest BCUT2D eigenvalue weighted by Gasteiger charge is -2.19. The summed E-state index contributed by atoms with van der Waals surface area (Å²) < 4.78 is 81.0. The molecule has 5 aromatic rings. The summed E-state index contributed by atoms with van der Waals surface area (Å²) in [6.45, 7) is 0. The van der Waals surface area contributed by atoms with Gasteiger partial charge in [-0.3, -0.25) is 19.1 Å². The van der Waals surface area contributed by atoms with Crippen molar-refractivity contribution in [3.63, 3.8) is 0 Å². The minimum atomic E-state index is -5.01. The Balaban J connectivity index is 1.63. The second-order valence-electron chi connectivity index (χ2n) is 10.3. The Morgan fingerprint density at radius 3 is 2.21 bits per heavy atom. The lowest BCUT2D eigenvalue weighted by atomic mass is 10.1. The molecule has 1 aromatic heterocycles. The fourth-order valence-electron chi connectivity index (χ4n) is 5.19. The number of methoxy groups -OCH3 is 1. The molecule has 3 amide bonds. The summed E-state index contributed by atoms with van der Waals surface area (Å²) in [6.07, 6.45) is -5.01. The predicted octanol–water partition coefficient (Wildman–Crippen LogP) is 7.16. The Labute approximate surface area is 271 Å². The number of rotatable bonds is 6. The number of benzene rings is 4. The third-order valence-corrected chi connectivity index (χ3v) is 7.61. The average molecular weight is 685 g/mol. The molecule has 0 fully saturated rings. The van der Waals surface area contributed by atoms with E-state index in [1.165, 1.54) is 31.3 Å². The Hall–Kier alpha value is -5.83. The van der Waals surface area contributed by atoms with Crippen LogP contribution in [0.3, 0.4) is 0 Å². The second kappa shape index (κ2) is 11.8. The number of nitrogens with one attached hydrogen (secondary N) is 1. The highest BCUT2D eigenvalue weighted by molar-refractivity contribution is 6.36. The number of carbonyl (C=O) groups is 4. The standard InChI is InChI=1S/C32H18ClF5N4O6/c1-41-25-20(31(46)47-2)13-22(39-28(43)14-9-15(32(36,37)38)11-17(35)10-14)26(48-23-12-16(34)7-8-21(23)33)24(25)27(40-41)42-29(44)18-5-3-4-6-19(18)30(42)45/h3-13H,1-2H3,(H,39,43). The SMILES string of the molecule is COC(=O)c1cc(NC(=O)c2cc(F)cc(C(F)(F)F)c2)c(Oc2cc(F)ccc2Cl)c2c(N3C(=O)c4ccccc4C3=O)nn(C)c12. The van der Waals surface area contributed by atoms with Crippen LogP contribution in [0.4, 0.5) is 33.5 Å². The topological polar surface area (TPSA) is 120 Å². The monoisotopic (exact) mass is 684 g/mol. The third kappa shape index (κ3) is 5.47. The van der Waals surface area contributed by atoms with Crippen molar-refractivity contribution in [3.8, 4) is 11.5 Å². The van der Waals surface area contributed by atoms with Crippen LogP contribution in [0, 0.1) is 11.6 Å². The molecule has 0 spiro atoms. The molecular formula is C32H18ClF5N4O6. The summed E-state index contributed by atoms with van der Waals surface area (Å²) in [7, 11) is 2.40. The third-order valence-electron chi connectivity index (χ3n) is 7.30. The van der Waals surface area contributed by atoms with Crippen LogP contribution < -0.4 is 15.0 Å². The number of amides is 3. The molecule has 0 aliphatic carbocycles. The highest BCUT2D eigenvalue weighted by Crippen LogP contribution is 2.46. The van der Waals surface area contributed by atoms with E-state index < -0.39 is 69.9 Å². The number of fused-ring (bicyclic) bond motifs is 2. The smallest absolute Gasteiger partial charge is 0.416 e. The van der Waals surface area contributed by atoms with Gasteiger partial charge in [0.1, 0.15) is 17.4 Å². The van der Waals surface area contributed by atoms with Gasteiger partial charge in [0.25, 0.3) is 17.7 Å². The first kappa shape index (κ1) is 32.1. The van der Waals surface area contributed by atoms with Crippen LogP contribution in [0.2, 0.25) is 5.02 Å². The molecule has 48 heavy (non-hydrogen) atoms. The van der Waals surface area contributed by atoms with Crippen LogP contribution in [0.5, 0.6) is 11.5 Å². The molecule has 1 aliphatic rings. The molecule has 10 nitrogen and oxygen atoms in total. The Morgan fingerprint density at radius 2 is 1.58 bits per heavy atom. The van der Waals surface area contributed by atoms with Gasteiger partial charge in [0.15, 0.2) is 11.6 Å². The number of alkyl halides is 3. The maximum Gasteiger partial charge on any atom is 0.416 e. The number of aryl methyl sites for hydroxylation is 1. The first-order chi connectivity index (χ1) is 22.7. The number of carbonyl (C=O) groups excluding carboxylic acids is 4. The normalized spacial score (nSPS) is 12.8. The molecule has 1 aliphatic heterocycles. The van der Waals surface area contributed by atoms with Crippen molar-refractivity contribution in [1.82, 2.24) is 9.78 Å². The molecule has 4 aromatic carbocycles. The number of nitrogens with zero attached hydrogens (tertiary/aromatic N) is 3. The summed E-state index contributed by atoms with van der Waals surface area (Å²) in [5.74, 6) is -7.31. The minimum Gasteiger partial charge on any atom is -0.465 e. The number of hydrogen-bond acceptors (Lipinski definition) is 7. The van der Waals surface area contributed by atoms with Gasteiger partial charge < -0.3 is 14.8 Å². The molecule has 0 radical (unpaired) electrons. The molecule has 6 rings (SSSR count). The molecule has 0 saturated heterocycles. The average Bonchev–Trinajstić information content (AvgIpc) is 3.50. The quantitative estimate of drug-likeness (QED) is 0.115. The van der Waals surface area contributed by atoms with E-state index in [1.54, 1.807) is 0 Å². The van der Waals surface area contributed by atoms with Crippen LogP contribution >= 0.6 is 11.6 Å². The van der Waals surface area contributed by atoms with Gasteiger partial charge in [0, 0.05) is 18.7 Å². The number of ether oxygens (including phenoxy) is 2. The van der Waals surface area contributed by atoms with Crippen LogP contribution in [0.1, 0.15) is 47.0 Å². The van der Waals surface area contributed by atoms with Crippen molar-refractivity contribution in [2.24, 2.45) is 7.05 Å². The summed E-state index contributed by atoms with van der Waals surface area (Å²) >= 11 is 6.27. The number of imide groups is 1. The number of halogens is 6. The van der Waals surface area contributed by atoms with Crippen molar-refractivity contribution < 1.29 is 50.6 Å². The minimum absolute atomic E-state index is 0.0289. The number of aromatic nitrogens is 2. The summed E-state index contributed by atoms with van der Waals surface area (Å²) in [5.41, 5.74) is -3.04. The molecular weight excluding hydrogens is 667 g/mol. The summed E-state index contributed by atoms with van der Waals surface area (Å²) in [6, 6.07) is 11.1. The van der Waals surface area contributed by atoms with Crippen molar-refractivity contribution in [2.45, 2.75) is 6.18 Å². The molecule has 0 unspecified atom stereocenters. The largest absolute Gasteiger partial charge is 0.465 e. The van der Waals surface area contributed by atoms with E-state index in [9.17, 15) is 41.1 Å². The van der Waals surface area contributed by atoms with E-state index in [1.807, 2.05) is 0 Å². The van der Waals surface area contributed by atoms with Crippen molar-refractivity contribution in [3.05, 3.63) is 111 Å². The fourth-order valence-corrected chi connectivity index (χ4v) is 5.34. The summed E-state index contributed by atoms with van der Waals surface area (Å²) in [5, 5.41) is 6.21. The lowest BCUT2D eigenvalue weighted by Crippen LogP contribution is -2.30. The van der Waals surface area contributed by atoms with E-state index in [-0.39, 0.29) is 44.4 Å². The van der Waals surface area contributed by atoms with Gasteiger partial charge in [-0.05, 0) is 48.5 Å². The van der Waals surface area contributed by atoms with Gasteiger partial charge in [0.05, 0.1) is 51.0 Å². The highest BCUT2D eigenvalue weighted by Gasteiger charge is 2.41. The number of hydrogen-bond donors (Lipinski definition) is 1. The van der Waals surface area contributed by atoms with Crippen LogP contribution in [0.15, 0.2) is 66.7 Å². The van der Waals surface area contributed by atoms with E-state index in [4.69, 9.17) is 21.1 Å². The van der Waals surface area contributed by atoms with Crippen LogP contribution in [-0.4, -0.2) is 40.6 Å². The van der Waals surface area contributed by atoms with Gasteiger partial charge in [-0.1, -0.05) is 23.7 Å². The van der Waals surface area contributed by atoms with Crippen molar-refractivity contribution in [1.29, 1.82) is 0 Å². The van der Waals surface area contributed by atoms with Gasteiger partial charge in [-0.25, -0.2) is 18.5 Å². The summed E-state index contributed by atoms with van der Waals surface area (Å²) in [4.78, 5) is 54.3. The maximum absolute atomic E-state index is 14.4. The zero-order valence-electron chi connectivity index (χ0n) is 24.4. The number of esters is 1. The molecule has 0 bridgehead atoms. The van der Waals surface area contributed by atoms with E-state index in [2.05, 4.69) is 10.4 Å². The predicted molar refractivity (Wildman–Crippen MR) is 160 cm³/mol. The Bertz CT molecular complexity index is 2180. The molecule has 0 saturated carbocycles.